The Bertz CT molecular complexity index is 413. The fourth-order valence-corrected chi connectivity index (χ4v) is 4.15. The van der Waals surface area contributed by atoms with Crippen molar-refractivity contribution in [1.82, 2.24) is 9.80 Å². The van der Waals surface area contributed by atoms with Crippen LogP contribution in [0.15, 0.2) is 0 Å². The maximum atomic E-state index is 12.7. The molecule has 0 saturated carbocycles. The van der Waals surface area contributed by atoms with Crippen molar-refractivity contribution in [2.24, 2.45) is 5.92 Å². The van der Waals surface area contributed by atoms with E-state index >= 15 is 0 Å². The molecule has 2 N–H and O–H groups in total. The smallest absolute Gasteiger partial charge is 0.320 e. The van der Waals surface area contributed by atoms with Crippen LogP contribution >= 0.6 is 0 Å². The largest absolute Gasteiger partial charge is 0.481 e. The van der Waals surface area contributed by atoms with Gasteiger partial charge in [0.15, 0.2) is 0 Å². The lowest BCUT2D eigenvalue weighted by Gasteiger charge is -2.40. The van der Waals surface area contributed by atoms with Crippen LogP contribution in [-0.2, 0) is 4.79 Å². The number of aliphatic carboxylic acids is 1. The second-order valence-electron chi connectivity index (χ2n) is 6.37. The molecule has 20 heavy (non-hydrogen) atoms. The maximum absolute atomic E-state index is 12.7. The van der Waals surface area contributed by atoms with Crippen molar-refractivity contribution < 1.29 is 19.8 Å². The highest BCUT2D eigenvalue weighted by molar-refractivity contribution is 5.79. The molecular formula is C14H22N2O4. The summed E-state index contributed by atoms with van der Waals surface area (Å²) in [7, 11) is 0. The van der Waals surface area contributed by atoms with Crippen molar-refractivity contribution >= 4 is 12.0 Å². The van der Waals surface area contributed by atoms with Gasteiger partial charge in [-0.15, -0.1) is 0 Å². The normalized spacial score (nSPS) is 40.2. The predicted molar refractivity (Wildman–Crippen MR) is 71.2 cm³/mol. The van der Waals surface area contributed by atoms with Crippen LogP contribution in [0.2, 0.25) is 0 Å². The van der Waals surface area contributed by atoms with Crippen molar-refractivity contribution in [3.05, 3.63) is 0 Å². The number of hydrogen-bond donors (Lipinski definition) is 2. The average Bonchev–Trinajstić information content (AvgIpc) is 2.88. The molecule has 6 heteroatoms. The van der Waals surface area contributed by atoms with Gasteiger partial charge >= 0.3 is 12.0 Å². The molecular weight excluding hydrogens is 260 g/mol. The van der Waals surface area contributed by atoms with Gasteiger partial charge in [-0.3, -0.25) is 4.79 Å². The monoisotopic (exact) mass is 282 g/mol. The second kappa shape index (κ2) is 4.91. The summed E-state index contributed by atoms with van der Waals surface area (Å²) in [5.41, 5.74) is 0. The number of fused-ring (bicyclic) bond motifs is 2. The molecule has 112 valence electrons. The van der Waals surface area contributed by atoms with E-state index in [0.29, 0.717) is 25.8 Å². The standard InChI is InChI=1S/C14H22N2O4/c1-8-12(13(18)19)4-5-15(8)14(20)16-9-2-3-10(16)7-11(17)6-9/h8-12,17H,2-7H2,1H3,(H,18,19). The van der Waals surface area contributed by atoms with E-state index in [-0.39, 0.29) is 30.3 Å². The Kier molecular flexibility index (Phi) is 3.36. The molecule has 0 aliphatic carbocycles. The van der Waals surface area contributed by atoms with E-state index in [2.05, 4.69) is 0 Å². The molecule has 4 unspecified atom stereocenters. The van der Waals surface area contributed by atoms with Crippen LogP contribution in [0.5, 0.6) is 0 Å². The minimum Gasteiger partial charge on any atom is -0.481 e. The Morgan fingerprint density at radius 1 is 1.10 bits per heavy atom. The third kappa shape index (κ3) is 2.06. The van der Waals surface area contributed by atoms with Crippen LogP contribution in [0.1, 0.15) is 39.0 Å². The maximum Gasteiger partial charge on any atom is 0.320 e. The first kappa shape index (κ1) is 13.7. The molecule has 0 aromatic rings. The van der Waals surface area contributed by atoms with Crippen molar-refractivity contribution in [2.45, 2.75) is 63.3 Å². The van der Waals surface area contributed by atoms with Crippen LogP contribution < -0.4 is 0 Å². The molecule has 3 saturated heterocycles. The number of carbonyl (C=O) groups excluding carboxylic acids is 1. The molecule has 0 aromatic heterocycles. The number of hydrogen-bond acceptors (Lipinski definition) is 3. The Morgan fingerprint density at radius 3 is 2.20 bits per heavy atom. The minimum absolute atomic E-state index is 0.0272. The highest BCUT2D eigenvalue weighted by atomic mass is 16.4. The highest BCUT2D eigenvalue weighted by Crippen LogP contribution is 2.38. The molecule has 3 heterocycles. The van der Waals surface area contributed by atoms with Gasteiger partial charge in [-0.05, 0) is 39.0 Å². The lowest BCUT2D eigenvalue weighted by atomic mass is 10.00. The zero-order valence-electron chi connectivity index (χ0n) is 11.7. The lowest BCUT2D eigenvalue weighted by Crippen LogP contribution is -2.54. The topological polar surface area (TPSA) is 81.1 Å². The molecule has 0 aromatic carbocycles. The Balaban J connectivity index is 1.73. The van der Waals surface area contributed by atoms with Crippen molar-refractivity contribution in [1.29, 1.82) is 0 Å². The van der Waals surface area contributed by atoms with Gasteiger partial charge in [-0.2, -0.15) is 0 Å². The van der Waals surface area contributed by atoms with Crippen LogP contribution in [0.4, 0.5) is 4.79 Å². The number of rotatable bonds is 1. The second-order valence-corrected chi connectivity index (χ2v) is 6.37. The van der Waals surface area contributed by atoms with Crippen molar-refractivity contribution in [3.63, 3.8) is 0 Å². The van der Waals surface area contributed by atoms with Gasteiger partial charge in [0.25, 0.3) is 0 Å². The number of carboxylic acid groups (broad SMARTS) is 1. The van der Waals surface area contributed by atoms with Crippen LogP contribution in [0.3, 0.4) is 0 Å². The van der Waals surface area contributed by atoms with E-state index in [4.69, 9.17) is 5.11 Å². The summed E-state index contributed by atoms with van der Waals surface area (Å²) in [6.45, 7) is 2.35. The number of carbonyl (C=O) groups is 2. The van der Waals surface area contributed by atoms with E-state index in [0.717, 1.165) is 12.8 Å². The Hall–Kier alpha value is -1.30. The molecule has 0 radical (unpaired) electrons. The zero-order chi connectivity index (χ0) is 14.4. The molecule has 3 rings (SSSR count). The number of nitrogens with zero attached hydrogens (tertiary/aromatic N) is 2. The van der Waals surface area contributed by atoms with Gasteiger partial charge in [0.1, 0.15) is 0 Å². The summed E-state index contributed by atoms with van der Waals surface area (Å²) in [6.07, 6.45) is 3.48. The van der Waals surface area contributed by atoms with E-state index in [9.17, 15) is 14.7 Å². The number of likely N-dealkylation sites (tertiary alicyclic amines) is 1. The quantitative estimate of drug-likeness (QED) is 0.748. The summed E-state index contributed by atoms with van der Waals surface area (Å²) >= 11 is 0. The van der Waals surface area contributed by atoms with Gasteiger partial charge in [-0.25, -0.2) is 4.79 Å². The number of piperidine rings is 1. The molecule has 3 aliphatic rings. The first-order valence-corrected chi connectivity index (χ1v) is 7.49. The molecule has 3 fully saturated rings. The predicted octanol–water partition coefficient (Wildman–Crippen LogP) is 0.889. The minimum atomic E-state index is -0.815. The Morgan fingerprint density at radius 2 is 1.70 bits per heavy atom. The fraction of sp³-hybridized carbons (Fsp3) is 0.857. The number of urea groups is 1. The van der Waals surface area contributed by atoms with Gasteiger partial charge in [-0.1, -0.05) is 0 Å². The third-order valence-electron chi connectivity index (χ3n) is 5.25. The molecule has 2 bridgehead atoms. The summed E-state index contributed by atoms with van der Waals surface area (Å²) < 4.78 is 0. The van der Waals surface area contributed by atoms with Crippen LogP contribution in [0.25, 0.3) is 0 Å². The van der Waals surface area contributed by atoms with E-state index in [1.165, 1.54) is 0 Å². The number of amides is 2. The highest BCUT2D eigenvalue weighted by Gasteiger charge is 2.47. The molecule has 2 amide bonds. The average molecular weight is 282 g/mol. The summed E-state index contributed by atoms with van der Waals surface area (Å²) in [4.78, 5) is 27.5. The fourth-order valence-electron chi connectivity index (χ4n) is 4.15. The van der Waals surface area contributed by atoms with Gasteiger partial charge in [0.05, 0.1) is 12.0 Å². The van der Waals surface area contributed by atoms with E-state index < -0.39 is 11.9 Å². The van der Waals surface area contributed by atoms with E-state index in [1.807, 2.05) is 11.8 Å². The molecule has 6 nitrogen and oxygen atoms in total. The number of aliphatic hydroxyl groups is 1. The SMILES string of the molecule is CC1C(C(=O)O)CCN1C(=O)N1C2CCC1CC(O)C2. The number of carboxylic acids is 1. The lowest BCUT2D eigenvalue weighted by molar-refractivity contribution is -0.142. The van der Waals surface area contributed by atoms with Crippen molar-refractivity contribution in [3.8, 4) is 0 Å². The molecule has 0 spiro atoms. The zero-order valence-corrected chi connectivity index (χ0v) is 11.7. The third-order valence-corrected chi connectivity index (χ3v) is 5.25. The molecule has 3 aliphatic heterocycles. The summed E-state index contributed by atoms with van der Waals surface area (Å²) in [5, 5.41) is 19.0. The van der Waals surface area contributed by atoms with Gasteiger partial charge in [0, 0.05) is 24.7 Å². The first-order chi connectivity index (χ1) is 9.49. The summed E-state index contributed by atoms with van der Waals surface area (Å²) in [5.74, 6) is -1.27. The van der Waals surface area contributed by atoms with Crippen LogP contribution in [-0.4, -0.2) is 62.8 Å². The summed E-state index contributed by atoms with van der Waals surface area (Å²) in [6, 6.07) is -0.00782. The Labute approximate surface area is 118 Å². The first-order valence-electron chi connectivity index (χ1n) is 7.49. The van der Waals surface area contributed by atoms with Crippen molar-refractivity contribution in [2.75, 3.05) is 6.54 Å². The van der Waals surface area contributed by atoms with E-state index in [1.54, 1.807) is 4.90 Å². The molecule has 4 atom stereocenters. The van der Waals surface area contributed by atoms with Crippen LogP contribution in [0, 0.1) is 5.92 Å². The van der Waals surface area contributed by atoms with Gasteiger partial charge in [0.2, 0.25) is 0 Å². The number of aliphatic hydroxyl groups excluding tert-OH is 1. The van der Waals surface area contributed by atoms with Gasteiger partial charge < -0.3 is 20.0 Å².